The lowest BCUT2D eigenvalue weighted by molar-refractivity contribution is 0.0659. The molecular formula is C15H15Br3O2. The summed E-state index contributed by atoms with van der Waals surface area (Å²) in [4.78, 5) is 1.70. The Balaban J connectivity index is 2.02. The molecule has 2 heterocycles. The Bertz CT molecular complexity index is 513. The molecule has 0 aromatic rings. The first kappa shape index (κ1) is 16.3. The summed E-state index contributed by atoms with van der Waals surface area (Å²) < 4.78 is 14.0. The zero-order valence-electron chi connectivity index (χ0n) is 11.0. The molecule has 1 fully saturated rings. The number of ether oxygens (including phenoxy) is 2. The predicted molar refractivity (Wildman–Crippen MR) is 92.1 cm³/mol. The number of fused-ring (bicyclic) bond motifs is 1. The van der Waals surface area contributed by atoms with E-state index >= 15 is 0 Å². The van der Waals surface area contributed by atoms with Crippen molar-refractivity contribution >= 4 is 47.8 Å². The summed E-state index contributed by atoms with van der Waals surface area (Å²) >= 11 is 10.3. The third-order valence-electron chi connectivity index (χ3n) is 3.09. The zero-order valence-corrected chi connectivity index (χ0v) is 15.7. The van der Waals surface area contributed by atoms with E-state index in [0.29, 0.717) is 0 Å². The molecule has 0 aromatic heterocycles. The number of hydrogen-bond donors (Lipinski definition) is 0. The summed E-state index contributed by atoms with van der Waals surface area (Å²) in [6.07, 6.45) is 9.85. The Morgan fingerprint density at radius 1 is 1.50 bits per heavy atom. The third-order valence-corrected chi connectivity index (χ3v) is 5.03. The first-order chi connectivity index (χ1) is 9.65. The van der Waals surface area contributed by atoms with Crippen LogP contribution in [-0.4, -0.2) is 18.3 Å². The molecule has 0 amide bonds. The summed E-state index contributed by atoms with van der Waals surface area (Å²) in [6, 6.07) is 0. The smallest absolute Gasteiger partial charge is 0.132 e. The Kier molecular flexibility index (Phi) is 6.37. The summed E-state index contributed by atoms with van der Waals surface area (Å²) in [7, 11) is 0. The van der Waals surface area contributed by atoms with Gasteiger partial charge in [0.1, 0.15) is 18.0 Å². The van der Waals surface area contributed by atoms with Gasteiger partial charge in [0.05, 0.1) is 10.6 Å². The molecule has 3 atom stereocenters. The second-order valence-electron chi connectivity index (χ2n) is 4.47. The molecule has 5 heteroatoms. The molecule has 2 aliphatic heterocycles. The van der Waals surface area contributed by atoms with Crippen LogP contribution in [0.1, 0.15) is 19.8 Å². The second-order valence-corrected chi connectivity index (χ2v) is 6.80. The van der Waals surface area contributed by atoms with E-state index in [1.807, 2.05) is 24.3 Å². The molecule has 0 bridgehead atoms. The van der Waals surface area contributed by atoms with Crippen LogP contribution in [0.25, 0.3) is 0 Å². The van der Waals surface area contributed by atoms with Crippen LogP contribution in [0, 0.1) is 0 Å². The summed E-state index contributed by atoms with van der Waals surface area (Å²) in [5.41, 5.74) is 2.99. The minimum Gasteiger partial charge on any atom is -0.486 e. The van der Waals surface area contributed by atoms with Gasteiger partial charge in [0.15, 0.2) is 0 Å². The van der Waals surface area contributed by atoms with Crippen LogP contribution in [0.5, 0.6) is 0 Å². The Hall–Kier alpha value is -0.0600. The van der Waals surface area contributed by atoms with E-state index in [9.17, 15) is 0 Å². The summed E-state index contributed by atoms with van der Waals surface area (Å²) in [6.45, 7) is 2.10. The number of allylic oxidation sites excluding steroid dienone is 4. The van der Waals surface area contributed by atoms with Crippen LogP contribution in [0.4, 0.5) is 0 Å². The maximum absolute atomic E-state index is 5.93. The van der Waals surface area contributed by atoms with E-state index in [4.69, 9.17) is 9.47 Å². The average molecular weight is 467 g/mol. The van der Waals surface area contributed by atoms with Crippen LogP contribution in [0.2, 0.25) is 0 Å². The van der Waals surface area contributed by atoms with Gasteiger partial charge in [-0.25, -0.2) is 0 Å². The van der Waals surface area contributed by atoms with E-state index in [-0.39, 0.29) is 18.3 Å². The SMILES string of the molecule is CC/C(Br)=C/C=C\C1=C(Br)[C@H]2O[C@H](C=C=CBr)C[C@H]2O1. The van der Waals surface area contributed by atoms with Gasteiger partial charge in [0, 0.05) is 11.4 Å². The predicted octanol–water partition coefficient (Wildman–Crippen LogP) is 5.46. The highest BCUT2D eigenvalue weighted by Crippen LogP contribution is 2.40. The monoisotopic (exact) mass is 464 g/mol. The van der Waals surface area contributed by atoms with E-state index < -0.39 is 0 Å². The fourth-order valence-corrected chi connectivity index (χ4v) is 3.04. The molecule has 1 saturated heterocycles. The van der Waals surface area contributed by atoms with Gasteiger partial charge in [0.25, 0.3) is 0 Å². The van der Waals surface area contributed by atoms with Gasteiger partial charge in [-0.05, 0) is 39.0 Å². The molecule has 108 valence electrons. The van der Waals surface area contributed by atoms with E-state index in [2.05, 4.69) is 60.4 Å². The van der Waals surface area contributed by atoms with Crippen molar-refractivity contribution in [2.45, 2.75) is 38.1 Å². The largest absolute Gasteiger partial charge is 0.486 e. The number of halogens is 3. The minimum atomic E-state index is -0.00776. The molecule has 2 nitrogen and oxygen atoms in total. The molecule has 0 saturated carbocycles. The first-order valence-electron chi connectivity index (χ1n) is 6.41. The van der Waals surface area contributed by atoms with Crippen molar-refractivity contribution in [1.82, 2.24) is 0 Å². The molecule has 2 rings (SSSR count). The molecule has 0 spiro atoms. The maximum atomic E-state index is 5.93. The molecule has 0 N–H and O–H groups in total. The normalized spacial score (nSPS) is 29.4. The van der Waals surface area contributed by atoms with Gasteiger partial charge in [0.2, 0.25) is 0 Å². The highest BCUT2D eigenvalue weighted by atomic mass is 79.9. The molecule has 0 aromatic carbocycles. The lowest BCUT2D eigenvalue weighted by Gasteiger charge is -2.07. The van der Waals surface area contributed by atoms with Crippen LogP contribution in [0.15, 0.2) is 49.7 Å². The van der Waals surface area contributed by atoms with Crippen molar-refractivity contribution < 1.29 is 9.47 Å². The summed E-state index contributed by atoms with van der Waals surface area (Å²) in [5.74, 6) is 0.853. The molecule has 20 heavy (non-hydrogen) atoms. The van der Waals surface area contributed by atoms with Gasteiger partial charge in [-0.1, -0.05) is 50.9 Å². The van der Waals surface area contributed by atoms with Gasteiger partial charge in [-0.3, -0.25) is 0 Å². The van der Waals surface area contributed by atoms with Crippen molar-refractivity contribution in [2.75, 3.05) is 0 Å². The lowest BCUT2D eigenvalue weighted by atomic mass is 10.1. The highest BCUT2D eigenvalue weighted by molar-refractivity contribution is 9.12. The number of hydrogen-bond acceptors (Lipinski definition) is 2. The van der Waals surface area contributed by atoms with Gasteiger partial charge in [-0.15, -0.1) is 5.73 Å². The summed E-state index contributed by atoms with van der Waals surface area (Å²) in [5, 5.41) is 0. The van der Waals surface area contributed by atoms with Crippen molar-refractivity contribution in [3.8, 4) is 0 Å². The Morgan fingerprint density at radius 3 is 2.95 bits per heavy atom. The fraction of sp³-hybridized carbons (Fsp3) is 0.400. The zero-order chi connectivity index (χ0) is 14.5. The lowest BCUT2D eigenvalue weighted by Crippen LogP contribution is -2.16. The van der Waals surface area contributed by atoms with E-state index in [0.717, 1.165) is 27.6 Å². The van der Waals surface area contributed by atoms with E-state index in [1.165, 1.54) is 0 Å². The first-order valence-corrected chi connectivity index (χ1v) is 8.91. The molecule has 0 radical (unpaired) electrons. The minimum absolute atomic E-state index is 0.00776. The van der Waals surface area contributed by atoms with Gasteiger partial charge in [-0.2, -0.15) is 0 Å². The molecular weight excluding hydrogens is 452 g/mol. The second kappa shape index (κ2) is 7.81. The third kappa shape index (κ3) is 3.99. The quantitative estimate of drug-likeness (QED) is 0.404. The number of rotatable bonds is 4. The van der Waals surface area contributed by atoms with Crippen molar-refractivity contribution in [3.63, 3.8) is 0 Å². The maximum Gasteiger partial charge on any atom is 0.132 e. The topological polar surface area (TPSA) is 18.5 Å². The standard InChI is InChI=1S/C15H15Br3O2/c1-2-10(17)5-3-7-12-14(18)15-13(20-12)9-11(19-15)6-4-8-16/h3,5-8,11,13,15H,2,9H2,1H3/b7-3-,10-5-/t4?,11-,13-,15+/m1/s1. The van der Waals surface area contributed by atoms with Crippen LogP contribution >= 0.6 is 47.8 Å². The van der Waals surface area contributed by atoms with Crippen LogP contribution in [0.3, 0.4) is 0 Å². The Labute approximate surface area is 144 Å². The van der Waals surface area contributed by atoms with E-state index in [1.54, 1.807) is 4.99 Å². The molecule has 2 aliphatic rings. The fourth-order valence-electron chi connectivity index (χ4n) is 2.10. The van der Waals surface area contributed by atoms with Crippen molar-refractivity contribution in [1.29, 1.82) is 0 Å². The van der Waals surface area contributed by atoms with Gasteiger partial charge >= 0.3 is 0 Å². The molecule has 0 aliphatic carbocycles. The van der Waals surface area contributed by atoms with Crippen LogP contribution < -0.4 is 0 Å². The average Bonchev–Trinajstić information content (AvgIpc) is 2.96. The molecule has 0 unspecified atom stereocenters. The van der Waals surface area contributed by atoms with Crippen molar-refractivity contribution in [3.05, 3.63) is 49.7 Å². The van der Waals surface area contributed by atoms with Crippen molar-refractivity contribution in [2.24, 2.45) is 0 Å². The van der Waals surface area contributed by atoms with Gasteiger partial charge < -0.3 is 9.47 Å². The highest BCUT2D eigenvalue weighted by Gasteiger charge is 2.43. The Morgan fingerprint density at radius 2 is 2.30 bits per heavy atom. The van der Waals surface area contributed by atoms with Crippen LogP contribution in [-0.2, 0) is 9.47 Å².